The van der Waals surface area contributed by atoms with Crippen molar-refractivity contribution in [3.05, 3.63) is 30.1 Å². The van der Waals surface area contributed by atoms with Crippen molar-refractivity contribution in [2.24, 2.45) is 7.05 Å². The highest BCUT2D eigenvalue weighted by Gasteiger charge is 1.95. The number of carboxylic acid groups (broad SMARTS) is 1. The van der Waals surface area contributed by atoms with Crippen LogP contribution < -0.4 is 15.0 Å². The minimum Gasteiger partial charge on any atom is -0.549 e. The molecule has 4 nitrogen and oxygen atoms in total. The van der Waals surface area contributed by atoms with Gasteiger partial charge in [-0.3, -0.25) is 0 Å². The van der Waals surface area contributed by atoms with Gasteiger partial charge in [0.05, 0.1) is 5.97 Å². The summed E-state index contributed by atoms with van der Waals surface area (Å²) in [4.78, 5) is 10.1. The number of carbonyl (C=O) groups is 1. The predicted octanol–water partition coefficient (Wildman–Crippen LogP) is -1.61. The minimum atomic E-state index is -1.07. The molecular formula is C10H14N2O2. The van der Waals surface area contributed by atoms with Crippen LogP contribution in [0.25, 0.3) is 0 Å². The molecule has 0 amide bonds. The third-order valence-corrected chi connectivity index (χ3v) is 1.91. The number of hydrogen-bond acceptors (Lipinski definition) is 3. The maximum absolute atomic E-state index is 10.1. The van der Waals surface area contributed by atoms with Gasteiger partial charge in [-0.2, -0.15) is 0 Å². The molecule has 1 N–H and O–H groups in total. The number of hydrogen-bond donors (Lipinski definition) is 1. The molecule has 76 valence electrons. The van der Waals surface area contributed by atoms with Crippen LogP contribution in [0.15, 0.2) is 24.5 Å². The van der Waals surface area contributed by atoms with Gasteiger partial charge in [0.15, 0.2) is 12.4 Å². The average molecular weight is 194 g/mol. The van der Waals surface area contributed by atoms with Crippen molar-refractivity contribution in [1.29, 1.82) is 0 Å². The van der Waals surface area contributed by atoms with Gasteiger partial charge < -0.3 is 15.2 Å². The molecule has 0 spiro atoms. The number of rotatable bonds is 5. The Morgan fingerprint density at radius 1 is 1.50 bits per heavy atom. The Morgan fingerprint density at radius 2 is 2.14 bits per heavy atom. The highest BCUT2D eigenvalue weighted by Crippen LogP contribution is 1.94. The van der Waals surface area contributed by atoms with E-state index < -0.39 is 5.97 Å². The summed E-state index contributed by atoms with van der Waals surface area (Å²) in [6, 6.07) is 4.03. The molecule has 0 fully saturated rings. The summed E-state index contributed by atoms with van der Waals surface area (Å²) in [6.07, 6.45) is 4.76. The second-order valence-corrected chi connectivity index (χ2v) is 3.17. The van der Waals surface area contributed by atoms with Crippen LogP contribution >= 0.6 is 0 Å². The number of aliphatic carboxylic acids is 1. The number of pyridine rings is 1. The predicted molar refractivity (Wildman–Crippen MR) is 49.2 cm³/mol. The number of aryl methyl sites for hydroxylation is 1. The zero-order valence-corrected chi connectivity index (χ0v) is 8.19. The molecule has 1 aromatic heterocycles. The Morgan fingerprint density at radius 3 is 2.71 bits per heavy atom. The van der Waals surface area contributed by atoms with Crippen LogP contribution in [0.4, 0.5) is 0 Å². The van der Waals surface area contributed by atoms with Crippen LogP contribution in [0.5, 0.6) is 0 Å². The minimum absolute atomic E-state index is 0.0827. The van der Waals surface area contributed by atoms with E-state index in [2.05, 4.69) is 5.32 Å². The van der Waals surface area contributed by atoms with Gasteiger partial charge in [0.25, 0.3) is 0 Å². The van der Waals surface area contributed by atoms with Crippen molar-refractivity contribution in [2.75, 3.05) is 13.1 Å². The average Bonchev–Trinajstić information content (AvgIpc) is 2.15. The van der Waals surface area contributed by atoms with Crippen LogP contribution in [-0.2, 0) is 18.3 Å². The second-order valence-electron chi connectivity index (χ2n) is 3.17. The summed E-state index contributed by atoms with van der Waals surface area (Å²) in [6.45, 7) is 0.572. The zero-order chi connectivity index (χ0) is 10.4. The Hall–Kier alpha value is -1.42. The lowest BCUT2D eigenvalue weighted by molar-refractivity contribution is -0.671. The molecule has 0 aliphatic carbocycles. The molecule has 0 unspecified atom stereocenters. The SMILES string of the molecule is C[n+]1ccc(CCNCC(=O)[O-])cc1. The molecule has 0 aliphatic heterocycles. The van der Waals surface area contributed by atoms with E-state index in [1.165, 1.54) is 5.56 Å². The fourth-order valence-corrected chi connectivity index (χ4v) is 1.12. The van der Waals surface area contributed by atoms with Crippen LogP contribution in [0, 0.1) is 0 Å². The van der Waals surface area contributed by atoms with Crippen molar-refractivity contribution < 1.29 is 14.5 Å². The van der Waals surface area contributed by atoms with Crippen molar-refractivity contribution in [3.8, 4) is 0 Å². The molecule has 0 aliphatic rings. The molecule has 4 heteroatoms. The van der Waals surface area contributed by atoms with E-state index in [9.17, 15) is 9.90 Å². The Kier molecular flexibility index (Phi) is 4.07. The number of carboxylic acids is 1. The van der Waals surface area contributed by atoms with Crippen molar-refractivity contribution >= 4 is 5.97 Å². The highest BCUT2D eigenvalue weighted by atomic mass is 16.4. The van der Waals surface area contributed by atoms with Gasteiger partial charge in [-0.15, -0.1) is 0 Å². The maximum atomic E-state index is 10.1. The normalized spacial score (nSPS) is 10.1. The van der Waals surface area contributed by atoms with Crippen LogP contribution in [0.1, 0.15) is 5.56 Å². The van der Waals surface area contributed by atoms with Crippen LogP contribution in [-0.4, -0.2) is 19.1 Å². The van der Waals surface area contributed by atoms with E-state index in [0.29, 0.717) is 6.54 Å². The zero-order valence-electron chi connectivity index (χ0n) is 8.19. The Bertz CT molecular complexity index is 295. The molecule has 0 atom stereocenters. The van der Waals surface area contributed by atoms with E-state index in [0.717, 1.165) is 6.42 Å². The van der Waals surface area contributed by atoms with E-state index in [1.54, 1.807) is 0 Å². The quantitative estimate of drug-likeness (QED) is 0.453. The first-order valence-electron chi connectivity index (χ1n) is 4.53. The molecule has 1 heterocycles. The first-order chi connectivity index (χ1) is 6.68. The summed E-state index contributed by atoms with van der Waals surface area (Å²) in [5.74, 6) is -1.07. The standard InChI is InChI=1S/C10H14N2O2/c1-12-6-3-9(4-7-12)2-5-11-8-10(13)14/h3-4,6-7,11H,2,5,8H2,1H3. The van der Waals surface area contributed by atoms with Gasteiger partial charge >= 0.3 is 0 Å². The summed E-state index contributed by atoms with van der Waals surface area (Å²) < 4.78 is 1.96. The molecule has 0 radical (unpaired) electrons. The number of nitrogens with zero attached hydrogens (tertiary/aromatic N) is 1. The lowest BCUT2D eigenvalue weighted by Gasteiger charge is -2.04. The van der Waals surface area contributed by atoms with Gasteiger partial charge in [-0.05, 0) is 18.5 Å². The fourth-order valence-electron chi connectivity index (χ4n) is 1.12. The van der Waals surface area contributed by atoms with Crippen molar-refractivity contribution in [3.63, 3.8) is 0 Å². The fraction of sp³-hybridized carbons (Fsp3) is 0.400. The molecule has 1 rings (SSSR count). The number of aromatic nitrogens is 1. The second kappa shape index (κ2) is 5.34. The monoisotopic (exact) mass is 194 g/mol. The highest BCUT2D eigenvalue weighted by molar-refractivity contribution is 5.66. The molecule has 1 aromatic rings. The summed E-state index contributed by atoms with van der Waals surface area (Å²) in [7, 11) is 1.96. The third kappa shape index (κ3) is 4.00. The molecule has 14 heavy (non-hydrogen) atoms. The van der Waals surface area contributed by atoms with Crippen molar-refractivity contribution in [1.82, 2.24) is 5.32 Å². The van der Waals surface area contributed by atoms with Crippen LogP contribution in [0.2, 0.25) is 0 Å². The summed E-state index contributed by atoms with van der Waals surface area (Å²) in [5, 5.41) is 12.9. The topological polar surface area (TPSA) is 56.0 Å². The summed E-state index contributed by atoms with van der Waals surface area (Å²) >= 11 is 0. The van der Waals surface area contributed by atoms with E-state index in [4.69, 9.17) is 0 Å². The van der Waals surface area contributed by atoms with Crippen molar-refractivity contribution in [2.45, 2.75) is 6.42 Å². The van der Waals surface area contributed by atoms with Gasteiger partial charge in [0.2, 0.25) is 0 Å². The number of nitrogens with one attached hydrogen (secondary N) is 1. The Balaban J connectivity index is 2.25. The van der Waals surface area contributed by atoms with Gasteiger partial charge in [-0.25, -0.2) is 4.57 Å². The van der Waals surface area contributed by atoms with Gasteiger partial charge in [0, 0.05) is 18.7 Å². The molecule has 0 aromatic carbocycles. The van der Waals surface area contributed by atoms with Crippen LogP contribution in [0.3, 0.4) is 0 Å². The summed E-state index contributed by atoms with van der Waals surface area (Å²) in [5.41, 5.74) is 1.19. The first-order valence-corrected chi connectivity index (χ1v) is 4.53. The van der Waals surface area contributed by atoms with E-state index in [1.807, 2.05) is 36.1 Å². The lowest BCUT2D eigenvalue weighted by atomic mass is 10.2. The third-order valence-electron chi connectivity index (χ3n) is 1.91. The van der Waals surface area contributed by atoms with Gasteiger partial charge in [-0.1, -0.05) is 0 Å². The first kappa shape index (κ1) is 10.7. The molecular weight excluding hydrogens is 180 g/mol. The largest absolute Gasteiger partial charge is 0.549 e. The number of carbonyl (C=O) groups excluding carboxylic acids is 1. The molecule has 0 saturated heterocycles. The lowest BCUT2D eigenvalue weighted by Crippen LogP contribution is -2.35. The smallest absolute Gasteiger partial charge is 0.168 e. The van der Waals surface area contributed by atoms with E-state index >= 15 is 0 Å². The molecule has 0 saturated carbocycles. The molecule has 0 bridgehead atoms. The van der Waals surface area contributed by atoms with Gasteiger partial charge in [0.1, 0.15) is 7.05 Å². The maximum Gasteiger partial charge on any atom is 0.168 e. The van der Waals surface area contributed by atoms with E-state index in [-0.39, 0.29) is 6.54 Å². The Labute approximate surface area is 83.2 Å².